The molecule has 0 aliphatic rings. The summed E-state index contributed by atoms with van der Waals surface area (Å²) in [7, 11) is 0. The molecule has 1 N–H and O–H groups in total. The van der Waals surface area contributed by atoms with E-state index in [2.05, 4.69) is 15.5 Å². The number of pyridine rings is 1. The topological polar surface area (TPSA) is 67.5 Å². The van der Waals surface area contributed by atoms with Crippen LogP contribution in [0.5, 0.6) is 0 Å². The molecule has 0 unspecified atom stereocenters. The van der Waals surface area contributed by atoms with Crippen molar-refractivity contribution in [2.24, 2.45) is 5.10 Å². The standard InChI is InChI=1S/C18H11ClF3N3O2/c19-15-3-1-12(18(20,21)22)9-14(15)16-4-2-13(27-16)10-24-25-17(26)11-5-7-23-8-6-11/h1-10H,(H,25,26)/b24-10+. The van der Waals surface area contributed by atoms with Crippen molar-refractivity contribution >= 4 is 23.7 Å². The maximum Gasteiger partial charge on any atom is 0.416 e. The van der Waals surface area contributed by atoms with Gasteiger partial charge in [0.2, 0.25) is 0 Å². The van der Waals surface area contributed by atoms with Gasteiger partial charge in [-0.15, -0.1) is 0 Å². The predicted octanol–water partition coefficient (Wildman–Crippen LogP) is 4.78. The smallest absolute Gasteiger partial charge is 0.416 e. The summed E-state index contributed by atoms with van der Waals surface area (Å²) in [6.45, 7) is 0. The number of rotatable bonds is 4. The van der Waals surface area contributed by atoms with Crippen molar-refractivity contribution in [3.8, 4) is 11.3 Å². The molecule has 2 heterocycles. The van der Waals surface area contributed by atoms with Crippen LogP contribution in [0.2, 0.25) is 5.02 Å². The number of benzene rings is 1. The number of hydrogen-bond acceptors (Lipinski definition) is 4. The normalized spacial score (nSPS) is 11.7. The molecule has 0 aliphatic carbocycles. The first-order valence-electron chi connectivity index (χ1n) is 7.55. The van der Waals surface area contributed by atoms with Crippen LogP contribution in [0.25, 0.3) is 11.3 Å². The molecule has 3 aromatic rings. The molecule has 0 saturated heterocycles. The largest absolute Gasteiger partial charge is 0.455 e. The Hall–Kier alpha value is -3.13. The fraction of sp³-hybridized carbons (Fsp3) is 0.0556. The second-order valence-electron chi connectivity index (χ2n) is 5.33. The molecule has 0 bridgehead atoms. The minimum absolute atomic E-state index is 0.104. The summed E-state index contributed by atoms with van der Waals surface area (Å²) >= 11 is 5.98. The van der Waals surface area contributed by atoms with E-state index in [4.69, 9.17) is 16.0 Å². The van der Waals surface area contributed by atoms with Crippen molar-refractivity contribution < 1.29 is 22.4 Å². The van der Waals surface area contributed by atoms with E-state index in [1.54, 1.807) is 0 Å². The lowest BCUT2D eigenvalue weighted by atomic mass is 10.1. The Bertz CT molecular complexity index is 985. The number of carbonyl (C=O) groups is 1. The minimum Gasteiger partial charge on any atom is -0.455 e. The molecule has 0 spiro atoms. The summed E-state index contributed by atoms with van der Waals surface area (Å²) in [5.41, 5.74) is 1.95. The molecule has 3 rings (SSSR count). The maximum absolute atomic E-state index is 12.9. The lowest BCUT2D eigenvalue weighted by Crippen LogP contribution is -2.17. The van der Waals surface area contributed by atoms with Crippen LogP contribution in [0.15, 0.2) is 64.4 Å². The molecule has 0 saturated carbocycles. The fourth-order valence-corrected chi connectivity index (χ4v) is 2.39. The number of carbonyl (C=O) groups excluding carboxylic acids is 1. The van der Waals surface area contributed by atoms with E-state index in [1.165, 1.54) is 42.9 Å². The van der Waals surface area contributed by atoms with Gasteiger partial charge in [0.25, 0.3) is 5.91 Å². The van der Waals surface area contributed by atoms with E-state index in [0.717, 1.165) is 18.2 Å². The zero-order chi connectivity index (χ0) is 19.4. The van der Waals surface area contributed by atoms with Crippen LogP contribution in [0.1, 0.15) is 21.7 Å². The Labute approximate surface area is 156 Å². The quantitative estimate of drug-likeness (QED) is 0.512. The Balaban J connectivity index is 1.75. The number of nitrogens with one attached hydrogen (secondary N) is 1. The summed E-state index contributed by atoms with van der Waals surface area (Å²) in [5.74, 6) is -0.0668. The molecule has 1 amide bonds. The molecule has 2 aromatic heterocycles. The van der Waals surface area contributed by atoms with Crippen molar-refractivity contribution in [2.45, 2.75) is 6.18 Å². The van der Waals surface area contributed by atoms with E-state index < -0.39 is 17.6 Å². The van der Waals surface area contributed by atoms with Gasteiger partial charge in [-0.3, -0.25) is 9.78 Å². The highest BCUT2D eigenvalue weighted by atomic mass is 35.5. The molecule has 0 radical (unpaired) electrons. The van der Waals surface area contributed by atoms with Gasteiger partial charge in [-0.25, -0.2) is 5.43 Å². The monoisotopic (exact) mass is 393 g/mol. The lowest BCUT2D eigenvalue weighted by molar-refractivity contribution is -0.137. The van der Waals surface area contributed by atoms with Crippen molar-refractivity contribution in [3.63, 3.8) is 0 Å². The zero-order valence-electron chi connectivity index (χ0n) is 13.5. The number of nitrogens with zero attached hydrogens (tertiary/aromatic N) is 2. The van der Waals surface area contributed by atoms with E-state index in [1.807, 2.05) is 0 Å². The molecule has 0 fully saturated rings. The minimum atomic E-state index is -4.49. The summed E-state index contributed by atoms with van der Waals surface area (Å²) in [6.07, 6.45) is -0.329. The van der Waals surface area contributed by atoms with Gasteiger partial charge in [-0.1, -0.05) is 11.6 Å². The highest BCUT2D eigenvalue weighted by Crippen LogP contribution is 2.36. The van der Waals surface area contributed by atoms with Gasteiger partial charge in [0.15, 0.2) is 0 Å². The van der Waals surface area contributed by atoms with Crippen LogP contribution in [-0.4, -0.2) is 17.1 Å². The Morgan fingerprint density at radius 3 is 2.59 bits per heavy atom. The van der Waals surface area contributed by atoms with Gasteiger partial charge in [0.05, 0.1) is 16.8 Å². The molecule has 27 heavy (non-hydrogen) atoms. The number of alkyl halides is 3. The molecular formula is C18H11ClF3N3O2. The lowest BCUT2D eigenvalue weighted by Gasteiger charge is -2.09. The number of furan rings is 1. The second-order valence-corrected chi connectivity index (χ2v) is 5.74. The Morgan fingerprint density at radius 2 is 1.89 bits per heavy atom. The van der Waals surface area contributed by atoms with E-state index >= 15 is 0 Å². The first kappa shape index (κ1) is 18.7. The van der Waals surface area contributed by atoms with Crippen LogP contribution in [-0.2, 0) is 6.18 Å². The van der Waals surface area contributed by atoms with Crippen molar-refractivity contribution in [1.29, 1.82) is 0 Å². The SMILES string of the molecule is O=C(N/N=C/c1ccc(-c2cc(C(F)(F)F)ccc2Cl)o1)c1ccncc1. The van der Waals surface area contributed by atoms with Crippen LogP contribution in [0.4, 0.5) is 13.2 Å². The molecule has 1 aromatic carbocycles. The molecule has 138 valence electrons. The summed E-state index contributed by atoms with van der Waals surface area (Å²) in [5, 5.41) is 3.87. The second kappa shape index (κ2) is 7.63. The average molecular weight is 394 g/mol. The first-order chi connectivity index (χ1) is 12.8. The third-order valence-electron chi connectivity index (χ3n) is 3.49. The first-order valence-corrected chi connectivity index (χ1v) is 7.93. The molecule has 0 aliphatic heterocycles. The molecular weight excluding hydrogens is 383 g/mol. The van der Waals surface area contributed by atoms with E-state index in [-0.39, 0.29) is 22.1 Å². The molecule has 9 heteroatoms. The highest BCUT2D eigenvalue weighted by molar-refractivity contribution is 6.33. The zero-order valence-corrected chi connectivity index (χ0v) is 14.3. The summed E-state index contributed by atoms with van der Waals surface area (Å²) in [6, 6.07) is 8.96. The van der Waals surface area contributed by atoms with Gasteiger partial charge < -0.3 is 4.42 Å². The van der Waals surface area contributed by atoms with Crippen molar-refractivity contribution in [2.75, 3.05) is 0 Å². The van der Waals surface area contributed by atoms with Crippen LogP contribution in [0.3, 0.4) is 0 Å². The maximum atomic E-state index is 12.9. The summed E-state index contributed by atoms with van der Waals surface area (Å²) in [4.78, 5) is 15.6. The van der Waals surface area contributed by atoms with Crippen LogP contribution >= 0.6 is 11.6 Å². The molecule has 5 nitrogen and oxygen atoms in total. The third-order valence-corrected chi connectivity index (χ3v) is 3.82. The van der Waals surface area contributed by atoms with Gasteiger partial charge in [-0.2, -0.15) is 18.3 Å². The third kappa shape index (κ3) is 4.53. The average Bonchev–Trinajstić information content (AvgIpc) is 3.10. The van der Waals surface area contributed by atoms with Crippen LogP contribution < -0.4 is 5.43 Å². The number of halogens is 4. The van der Waals surface area contributed by atoms with Crippen molar-refractivity contribution in [3.05, 3.63) is 76.8 Å². The van der Waals surface area contributed by atoms with Gasteiger partial charge >= 0.3 is 6.18 Å². The Kier molecular flexibility index (Phi) is 5.27. The van der Waals surface area contributed by atoms with Crippen molar-refractivity contribution in [1.82, 2.24) is 10.4 Å². The van der Waals surface area contributed by atoms with E-state index in [9.17, 15) is 18.0 Å². The Morgan fingerprint density at radius 1 is 1.15 bits per heavy atom. The fourth-order valence-electron chi connectivity index (χ4n) is 2.18. The highest BCUT2D eigenvalue weighted by Gasteiger charge is 2.31. The molecule has 0 atom stereocenters. The number of hydrazone groups is 1. The van der Waals surface area contributed by atoms with Crippen LogP contribution in [0, 0.1) is 0 Å². The van der Waals surface area contributed by atoms with Gasteiger partial charge in [-0.05, 0) is 42.5 Å². The van der Waals surface area contributed by atoms with Gasteiger partial charge in [0.1, 0.15) is 11.5 Å². The predicted molar refractivity (Wildman–Crippen MR) is 93.5 cm³/mol. The summed E-state index contributed by atoms with van der Waals surface area (Å²) < 4.78 is 44.0. The number of aromatic nitrogens is 1. The number of hydrogen-bond donors (Lipinski definition) is 1. The van der Waals surface area contributed by atoms with E-state index in [0.29, 0.717) is 5.56 Å². The number of amides is 1. The van der Waals surface area contributed by atoms with Gasteiger partial charge in [0, 0.05) is 23.5 Å².